The molecule has 0 aromatic carbocycles. The summed E-state index contributed by atoms with van der Waals surface area (Å²) >= 11 is 0. The number of carboxylic acid groups (broad SMARTS) is 1. The average molecular weight is 288 g/mol. The fourth-order valence-corrected chi connectivity index (χ4v) is 0.741. The summed E-state index contributed by atoms with van der Waals surface area (Å²) in [6.45, 7) is 9.41. The highest BCUT2D eigenvalue weighted by Crippen LogP contribution is 2.01. The van der Waals surface area contributed by atoms with E-state index in [0.717, 1.165) is 0 Å². The first kappa shape index (κ1) is 20.7. The molecule has 0 radical (unpaired) electrons. The van der Waals surface area contributed by atoms with Gasteiger partial charge in [0.25, 0.3) is 0 Å². The van der Waals surface area contributed by atoms with Gasteiger partial charge in [0.1, 0.15) is 6.61 Å². The second kappa shape index (κ2) is 11.2. The first-order chi connectivity index (χ1) is 9.07. The van der Waals surface area contributed by atoms with Crippen molar-refractivity contribution in [2.75, 3.05) is 6.61 Å². The summed E-state index contributed by atoms with van der Waals surface area (Å²) in [5.41, 5.74) is 0.626. The molecule has 2 atom stereocenters. The van der Waals surface area contributed by atoms with E-state index < -0.39 is 24.1 Å². The van der Waals surface area contributed by atoms with Crippen LogP contribution in [0.15, 0.2) is 23.8 Å². The number of rotatable bonds is 6. The molecule has 0 aliphatic rings. The van der Waals surface area contributed by atoms with Crippen molar-refractivity contribution in [1.82, 2.24) is 0 Å². The molecule has 0 aliphatic heterocycles. The lowest BCUT2D eigenvalue weighted by molar-refractivity contribution is -0.141. The fourth-order valence-electron chi connectivity index (χ4n) is 0.741. The van der Waals surface area contributed by atoms with Gasteiger partial charge in [-0.3, -0.25) is 0 Å². The Morgan fingerprint density at radius 1 is 1.20 bits per heavy atom. The molecule has 0 saturated heterocycles. The number of hydrogen-bond donors (Lipinski definition) is 3. The van der Waals surface area contributed by atoms with Gasteiger partial charge in [-0.1, -0.05) is 12.7 Å². The molecule has 6 nitrogen and oxygen atoms in total. The van der Waals surface area contributed by atoms with Crippen LogP contribution in [0.5, 0.6) is 0 Å². The minimum absolute atomic E-state index is 0.00130. The van der Waals surface area contributed by atoms with E-state index in [1.807, 2.05) is 0 Å². The molecule has 0 amide bonds. The highest BCUT2D eigenvalue weighted by molar-refractivity contribution is 5.87. The number of carbonyl (C=O) groups is 2. The van der Waals surface area contributed by atoms with Gasteiger partial charge in [0, 0.05) is 11.1 Å². The van der Waals surface area contributed by atoms with Crippen LogP contribution in [-0.2, 0) is 14.3 Å². The number of ether oxygens (including phenoxy) is 1. The summed E-state index contributed by atoms with van der Waals surface area (Å²) in [5.74, 6) is -1.39. The molecule has 0 fully saturated rings. The Bertz CT molecular complexity index is 343. The molecule has 3 N–H and O–H groups in total. The number of aliphatic hydroxyl groups is 2. The molecule has 0 spiro atoms. The van der Waals surface area contributed by atoms with E-state index in [4.69, 9.17) is 20.1 Å². The van der Waals surface area contributed by atoms with E-state index >= 15 is 0 Å². The van der Waals surface area contributed by atoms with Crippen molar-refractivity contribution in [3.63, 3.8) is 0 Å². The molecule has 116 valence electrons. The van der Waals surface area contributed by atoms with Gasteiger partial charge in [0.15, 0.2) is 0 Å². The van der Waals surface area contributed by atoms with Crippen LogP contribution in [0.3, 0.4) is 0 Å². The maximum absolute atomic E-state index is 11.2. The number of aliphatic carboxylic acids is 1. The minimum Gasteiger partial charge on any atom is -0.478 e. The maximum atomic E-state index is 11.2. The van der Waals surface area contributed by atoms with Gasteiger partial charge in [-0.15, -0.1) is 0 Å². The largest absolute Gasteiger partial charge is 0.478 e. The number of carbonyl (C=O) groups excluding carboxylic acids is 1. The van der Waals surface area contributed by atoms with Crippen LogP contribution in [0.25, 0.3) is 0 Å². The van der Waals surface area contributed by atoms with Gasteiger partial charge in [-0.2, -0.15) is 0 Å². The summed E-state index contributed by atoms with van der Waals surface area (Å²) in [4.78, 5) is 20.8. The van der Waals surface area contributed by atoms with Crippen molar-refractivity contribution in [2.24, 2.45) is 0 Å². The smallest absolute Gasteiger partial charge is 0.333 e. The third-order valence-corrected chi connectivity index (χ3v) is 1.91. The van der Waals surface area contributed by atoms with Crippen molar-refractivity contribution in [2.45, 2.75) is 46.3 Å². The quantitative estimate of drug-likeness (QED) is 0.502. The lowest BCUT2D eigenvalue weighted by Gasteiger charge is -2.07. The number of aliphatic hydroxyl groups excluding tert-OH is 2. The van der Waals surface area contributed by atoms with E-state index in [0.29, 0.717) is 12.0 Å². The third-order valence-electron chi connectivity index (χ3n) is 1.91. The molecule has 6 heteroatoms. The molecule has 0 aliphatic carbocycles. The van der Waals surface area contributed by atoms with Gasteiger partial charge in [-0.25, -0.2) is 9.59 Å². The van der Waals surface area contributed by atoms with Gasteiger partial charge >= 0.3 is 11.9 Å². The lowest BCUT2D eigenvalue weighted by Crippen LogP contribution is -2.16. The zero-order chi connectivity index (χ0) is 16.3. The summed E-state index contributed by atoms with van der Waals surface area (Å²) in [5, 5.41) is 25.7. The molecule has 20 heavy (non-hydrogen) atoms. The van der Waals surface area contributed by atoms with E-state index in [-0.39, 0.29) is 12.2 Å². The zero-order valence-corrected chi connectivity index (χ0v) is 12.4. The Morgan fingerprint density at radius 2 is 1.65 bits per heavy atom. The summed E-state index contributed by atoms with van der Waals surface area (Å²) in [6.07, 6.45) is 0.933. The molecule has 0 saturated carbocycles. The van der Waals surface area contributed by atoms with Crippen LogP contribution in [0.1, 0.15) is 34.1 Å². The normalized spacial score (nSPS) is 13.6. The van der Waals surface area contributed by atoms with Crippen molar-refractivity contribution in [3.8, 4) is 0 Å². The second-order valence-electron chi connectivity index (χ2n) is 4.50. The topological polar surface area (TPSA) is 104 Å². The van der Waals surface area contributed by atoms with Crippen LogP contribution in [0.4, 0.5) is 0 Å². The van der Waals surface area contributed by atoms with Crippen molar-refractivity contribution < 1.29 is 29.6 Å². The van der Waals surface area contributed by atoms with Gasteiger partial charge in [-0.05, 0) is 34.1 Å². The van der Waals surface area contributed by atoms with E-state index in [9.17, 15) is 9.59 Å². The Balaban J connectivity index is 0. The summed E-state index contributed by atoms with van der Waals surface area (Å²) in [7, 11) is 0. The van der Waals surface area contributed by atoms with E-state index in [1.165, 1.54) is 6.92 Å². The molecule has 0 rings (SSSR count). The standard InChI is InChI=1S/C10H18O4.C4H6O2/c1-7(4-5-8(2)11)10(13)14-6-9(3)12;1-3(2)4(5)6/h4,8-9,11-12H,5-6H2,1-3H3;1H2,2H3,(H,5,6). The van der Waals surface area contributed by atoms with Crippen molar-refractivity contribution >= 4 is 11.9 Å². The van der Waals surface area contributed by atoms with Gasteiger partial charge in [0.05, 0.1) is 12.2 Å². The van der Waals surface area contributed by atoms with Crippen LogP contribution < -0.4 is 0 Å². The van der Waals surface area contributed by atoms with Crippen LogP contribution >= 0.6 is 0 Å². The van der Waals surface area contributed by atoms with E-state index in [1.54, 1.807) is 26.8 Å². The van der Waals surface area contributed by atoms with E-state index in [2.05, 4.69) is 6.58 Å². The van der Waals surface area contributed by atoms with Crippen LogP contribution in [0.2, 0.25) is 0 Å². The number of carboxylic acids is 1. The van der Waals surface area contributed by atoms with Gasteiger partial charge < -0.3 is 20.1 Å². The lowest BCUT2D eigenvalue weighted by atomic mass is 10.2. The molecule has 0 heterocycles. The summed E-state index contributed by atoms with van der Waals surface area (Å²) < 4.78 is 4.76. The maximum Gasteiger partial charge on any atom is 0.333 e. The minimum atomic E-state index is -0.935. The average Bonchev–Trinajstić information content (AvgIpc) is 2.33. The molecule has 0 bridgehead atoms. The van der Waals surface area contributed by atoms with Crippen molar-refractivity contribution in [3.05, 3.63) is 23.8 Å². The number of esters is 1. The predicted molar refractivity (Wildman–Crippen MR) is 75.1 cm³/mol. The highest BCUT2D eigenvalue weighted by atomic mass is 16.5. The monoisotopic (exact) mass is 288 g/mol. The van der Waals surface area contributed by atoms with Gasteiger partial charge in [0.2, 0.25) is 0 Å². The molecule has 0 aromatic heterocycles. The van der Waals surface area contributed by atoms with Crippen LogP contribution in [-0.4, -0.2) is 46.1 Å². The first-order valence-corrected chi connectivity index (χ1v) is 6.16. The fraction of sp³-hybridized carbons (Fsp3) is 0.571. The Labute approximate surface area is 119 Å². The van der Waals surface area contributed by atoms with Crippen LogP contribution in [0, 0.1) is 0 Å². The Morgan fingerprint density at radius 3 is 1.95 bits per heavy atom. The SMILES string of the molecule is C=C(C)C(=O)O.CC(=CCC(C)O)C(=O)OCC(C)O. The highest BCUT2D eigenvalue weighted by Gasteiger charge is 2.07. The summed E-state index contributed by atoms with van der Waals surface area (Å²) in [6, 6.07) is 0. The molecule has 0 aromatic rings. The van der Waals surface area contributed by atoms with Crippen molar-refractivity contribution in [1.29, 1.82) is 0 Å². The molecular formula is C14H24O6. The number of hydrogen-bond acceptors (Lipinski definition) is 5. The Kier molecular flexibility index (Phi) is 11.6. The molecular weight excluding hydrogens is 264 g/mol. The Hall–Kier alpha value is -1.66. The second-order valence-corrected chi connectivity index (χ2v) is 4.50. The first-order valence-electron chi connectivity index (χ1n) is 6.16. The third kappa shape index (κ3) is 14.4. The molecule has 2 unspecified atom stereocenters. The predicted octanol–water partition coefficient (Wildman–Crippen LogP) is 1.27. The zero-order valence-electron chi connectivity index (χ0n) is 12.4.